The smallest absolute Gasteiger partial charge is 0.165 e. The molecule has 0 saturated carbocycles. The molecule has 0 aromatic heterocycles. The highest BCUT2D eigenvalue weighted by Crippen LogP contribution is 2.22. The zero-order chi connectivity index (χ0) is 12.3. The van der Waals surface area contributed by atoms with Gasteiger partial charge in [-0.3, -0.25) is 0 Å². The number of benzene rings is 2. The molecule has 0 bridgehead atoms. The number of hydrogen-bond donors (Lipinski definition) is 1. The fourth-order valence-corrected chi connectivity index (χ4v) is 1.64. The predicted molar refractivity (Wildman–Crippen MR) is 66.6 cm³/mol. The lowest BCUT2D eigenvalue weighted by Gasteiger charge is -2.08. The lowest BCUT2D eigenvalue weighted by atomic mass is 10.2. The van der Waals surface area contributed by atoms with Crippen molar-refractivity contribution < 1.29 is 9.13 Å². The summed E-state index contributed by atoms with van der Waals surface area (Å²) in [4.78, 5) is 0. The van der Waals surface area contributed by atoms with Gasteiger partial charge in [-0.05, 0) is 24.3 Å². The Labute approximate surface area is 104 Å². The maximum atomic E-state index is 13.3. The lowest BCUT2D eigenvalue weighted by Crippen LogP contribution is -1.98. The van der Waals surface area contributed by atoms with Crippen LogP contribution in [0.4, 0.5) is 10.1 Å². The number of halogens is 2. The molecule has 0 fully saturated rings. The summed E-state index contributed by atoms with van der Waals surface area (Å²) in [7, 11) is 0. The molecule has 0 unspecified atom stereocenters. The van der Waals surface area contributed by atoms with E-state index in [-0.39, 0.29) is 18.2 Å². The summed E-state index contributed by atoms with van der Waals surface area (Å²) in [6.45, 7) is 0.208. The maximum absolute atomic E-state index is 13.3. The molecule has 0 radical (unpaired) electrons. The number of hydrogen-bond acceptors (Lipinski definition) is 2. The van der Waals surface area contributed by atoms with Gasteiger partial charge in [0.25, 0.3) is 0 Å². The first-order chi connectivity index (χ1) is 8.16. The van der Waals surface area contributed by atoms with Gasteiger partial charge in [0, 0.05) is 16.3 Å². The molecule has 0 spiro atoms. The monoisotopic (exact) mass is 251 g/mol. The van der Waals surface area contributed by atoms with Gasteiger partial charge in [0.15, 0.2) is 11.6 Å². The summed E-state index contributed by atoms with van der Waals surface area (Å²) in [5.74, 6) is -0.181. The highest BCUT2D eigenvalue weighted by molar-refractivity contribution is 6.31. The molecule has 2 nitrogen and oxygen atoms in total. The third kappa shape index (κ3) is 2.88. The minimum Gasteiger partial charge on any atom is -0.486 e. The highest BCUT2D eigenvalue weighted by Gasteiger charge is 2.04. The minimum atomic E-state index is -0.390. The zero-order valence-corrected chi connectivity index (χ0v) is 9.75. The third-order valence-corrected chi connectivity index (χ3v) is 2.65. The van der Waals surface area contributed by atoms with E-state index in [1.165, 1.54) is 6.07 Å². The number of ether oxygens (including phenoxy) is 1. The average molecular weight is 252 g/mol. The van der Waals surface area contributed by atoms with Gasteiger partial charge in [0.05, 0.1) is 0 Å². The van der Waals surface area contributed by atoms with Gasteiger partial charge in [-0.25, -0.2) is 4.39 Å². The molecule has 0 heterocycles. The second-order valence-corrected chi connectivity index (χ2v) is 3.98. The molecule has 0 saturated heterocycles. The second-order valence-electron chi connectivity index (χ2n) is 3.57. The van der Waals surface area contributed by atoms with Gasteiger partial charge in [-0.2, -0.15) is 0 Å². The van der Waals surface area contributed by atoms with E-state index in [0.717, 1.165) is 5.56 Å². The van der Waals surface area contributed by atoms with Gasteiger partial charge < -0.3 is 10.5 Å². The molecule has 0 aliphatic heterocycles. The fourth-order valence-electron chi connectivity index (χ4n) is 1.40. The van der Waals surface area contributed by atoms with Crippen LogP contribution in [0, 0.1) is 5.82 Å². The van der Waals surface area contributed by atoms with Crippen molar-refractivity contribution in [3.63, 3.8) is 0 Å². The molecule has 0 aliphatic rings. The van der Waals surface area contributed by atoms with Gasteiger partial charge in [0.1, 0.15) is 6.61 Å². The van der Waals surface area contributed by atoms with E-state index >= 15 is 0 Å². The third-order valence-electron chi connectivity index (χ3n) is 2.30. The Morgan fingerprint density at radius 1 is 1.18 bits per heavy atom. The Hall–Kier alpha value is -1.74. The number of anilines is 1. The fraction of sp³-hybridized carbons (Fsp3) is 0.0769. The zero-order valence-electron chi connectivity index (χ0n) is 8.99. The van der Waals surface area contributed by atoms with Gasteiger partial charge in [0.2, 0.25) is 0 Å². The SMILES string of the molecule is Nc1ccc(COc2ccccc2F)c(Cl)c1. The first-order valence-corrected chi connectivity index (χ1v) is 5.46. The van der Waals surface area contributed by atoms with E-state index in [1.54, 1.807) is 36.4 Å². The molecule has 2 aromatic rings. The predicted octanol–water partition coefficient (Wildman–Crippen LogP) is 3.64. The molecule has 17 heavy (non-hydrogen) atoms. The highest BCUT2D eigenvalue weighted by atomic mass is 35.5. The number of nitrogens with two attached hydrogens (primary N) is 1. The van der Waals surface area contributed by atoms with Crippen LogP contribution in [0.3, 0.4) is 0 Å². The van der Waals surface area contributed by atoms with Crippen LogP contribution in [0.25, 0.3) is 0 Å². The van der Waals surface area contributed by atoms with Gasteiger partial charge in [-0.15, -0.1) is 0 Å². The quantitative estimate of drug-likeness (QED) is 0.846. The maximum Gasteiger partial charge on any atom is 0.165 e. The van der Waals surface area contributed by atoms with E-state index in [1.807, 2.05) is 0 Å². The van der Waals surface area contributed by atoms with Crippen molar-refractivity contribution in [2.45, 2.75) is 6.61 Å². The van der Waals surface area contributed by atoms with Crippen LogP contribution in [0.1, 0.15) is 5.56 Å². The van der Waals surface area contributed by atoms with Crippen molar-refractivity contribution in [1.82, 2.24) is 0 Å². The summed E-state index contributed by atoms with van der Waals surface area (Å²) in [6.07, 6.45) is 0. The summed E-state index contributed by atoms with van der Waals surface area (Å²) >= 11 is 5.98. The molecule has 0 aliphatic carbocycles. The average Bonchev–Trinajstić information content (AvgIpc) is 2.30. The summed E-state index contributed by atoms with van der Waals surface area (Å²) in [5, 5.41) is 0.515. The summed E-state index contributed by atoms with van der Waals surface area (Å²) in [5.41, 5.74) is 6.93. The van der Waals surface area contributed by atoms with E-state index in [2.05, 4.69) is 0 Å². The van der Waals surface area contributed by atoms with Crippen LogP contribution in [-0.2, 0) is 6.61 Å². The van der Waals surface area contributed by atoms with Crippen LogP contribution in [-0.4, -0.2) is 0 Å². The molecular formula is C13H11ClFNO. The Bertz CT molecular complexity index is 531. The molecule has 0 amide bonds. The molecular weight excluding hydrogens is 241 g/mol. The molecule has 4 heteroatoms. The Morgan fingerprint density at radius 3 is 2.65 bits per heavy atom. The van der Waals surface area contributed by atoms with Gasteiger partial charge >= 0.3 is 0 Å². The molecule has 2 N–H and O–H groups in total. The number of rotatable bonds is 3. The van der Waals surface area contributed by atoms with Crippen LogP contribution in [0.5, 0.6) is 5.75 Å². The second kappa shape index (κ2) is 5.06. The Morgan fingerprint density at radius 2 is 1.94 bits per heavy atom. The van der Waals surface area contributed by atoms with Crippen molar-refractivity contribution in [3.8, 4) is 5.75 Å². The lowest BCUT2D eigenvalue weighted by molar-refractivity contribution is 0.290. The topological polar surface area (TPSA) is 35.2 Å². The van der Waals surface area contributed by atoms with Crippen molar-refractivity contribution in [2.75, 3.05) is 5.73 Å². The normalized spacial score (nSPS) is 10.2. The minimum absolute atomic E-state index is 0.208. The van der Waals surface area contributed by atoms with Crippen LogP contribution in [0.15, 0.2) is 42.5 Å². The van der Waals surface area contributed by atoms with E-state index in [9.17, 15) is 4.39 Å². The van der Waals surface area contributed by atoms with Gasteiger partial charge in [-0.1, -0.05) is 29.8 Å². The van der Waals surface area contributed by atoms with E-state index < -0.39 is 0 Å². The van der Waals surface area contributed by atoms with Crippen LogP contribution in [0.2, 0.25) is 5.02 Å². The first kappa shape index (κ1) is 11.7. The van der Waals surface area contributed by atoms with Crippen LogP contribution >= 0.6 is 11.6 Å². The molecule has 2 rings (SSSR count). The van der Waals surface area contributed by atoms with Crippen LogP contribution < -0.4 is 10.5 Å². The Kier molecular flexibility index (Phi) is 3.49. The summed E-state index contributed by atoms with van der Waals surface area (Å²) in [6, 6.07) is 11.4. The van der Waals surface area contributed by atoms with Crippen molar-refractivity contribution in [3.05, 3.63) is 58.9 Å². The van der Waals surface area contributed by atoms with Crippen molar-refractivity contribution in [1.29, 1.82) is 0 Å². The van der Waals surface area contributed by atoms with Crippen molar-refractivity contribution >= 4 is 17.3 Å². The molecule has 2 aromatic carbocycles. The Balaban J connectivity index is 2.10. The largest absolute Gasteiger partial charge is 0.486 e. The first-order valence-electron chi connectivity index (χ1n) is 5.08. The summed E-state index contributed by atoms with van der Waals surface area (Å²) < 4.78 is 18.6. The van der Waals surface area contributed by atoms with Crippen molar-refractivity contribution in [2.24, 2.45) is 0 Å². The molecule has 0 atom stereocenters. The van der Waals surface area contributed by atoms with E-state index in [0.29, 0.717) is 10.7 Å². The number of nitrogen functional groups attached to an aromatic ring is 1. The standard InChI is InChI=1S/C13H11ClFNO/c14-11-7-10(16)6-5-9(11)8-17-13-4-2-1-3-12(13)15/h1-7H,8,16H2. The number of para-hydroxylation sites is 1. The van der Waals surface area contributed by atoms with E-state index in [4.69, 9.17) is 22.1 Å². The molecule has 88 valence electrons.